The van der Waals surface area contributed by atoms with Crippen molar-refractivity contribution >= 4 is 66.5 Å². The first-order valence-corrected chi connectivity index (χ1v) is 19.4. The number of ether oxygens (including phenoxy) is 2. The summed E-state index contributed by atoms with van der Waals surface area (Å²) in [4.78, 5) is 0. The van der Waals surface area contributed by atoms with Crippen LogP contribution in [0, 0.1) is 13.8 Å². The lowest BCUT2D eigenvalue weighted by atomic mass is 9.34. The molecule has 2 aliphatic heterocycles. The molecule has 0 aliphatic carbocycles. The Balaban J connectivity index is 1.15. The molecule has 0 fully saturated rings. The zero-order chi connectivity index (χ0) is 37.1. The van der Waals surface area contributed by atoms with Gasteiger partial charge in [-0.1, -0.05) is 140 Å². The molecular formula is C52H34BNO2. The average molecular weight is 716 g/mol. The molecule has 0 bridgehead atoms. The van der Waals surface area contributed by atoms with Crippen molar-refractivity contribution in [1.82, 2.24) is 4.57 Å². The van der Waals surface area contributed by atoms with Gasteiger partial charge in [-0.3, -0.25) is 0 Å². The summed E-state index contributed by atoms with van der Waals surface area (Å²) in [6, 6.07) is 61.5. The molecule has 1 aromatic heterocycles. The summed E-state index contributed by atoms with van der Waals surface area (Å²) in [5.74, 6) is 3.39. The minimum Gasteiger partial charge on any atom is -0.458 e. The van der Waals surface area contributed by atoms with Gasteiger partial charge in [0.2, 0.25) is 0 Å². The maximum absolute atomic E-state index is 7.08. The normalized spacial score (nSPS) is 12.7. The third kappa shape index (κ3) is 4.41. The van der Waals surface area contributed by atoms with E-state index in [1.807, 2.05) is 0 Å². The second-order valence-corrected chi connectivity index (χ2v) is 15.3. The van der Waals surface area contributed by atoms with Gasteiger partial charge in [-0.05, 0) is 92.5 Å². The molecule has 10 aromatic rings. The van der Waals surface area contributed by atoms with Crippen molar-refractivity contribution in [2.75, 3.05) is 0 Å². The first-order valence-electron chi connectivity index (χ1n) is 19.4. The molecule has 2 aliphatic rings. The van der Waals surface area contributed by atoms with Gasteiger partial charge in [-0.2, -0.15) is 0 Å². The van der Waals surface area contributed by atoms with E-state index in [0.717, 1.165) is 61.7 Å². The lowest BCUT2D eigenvalue weighted by Crippen LogP contribution is -2.57. The number of para-hydroxylation sites is 1. The number of hydrogen-bond acceptors (Lipinski definition) is 2. The molecule has 9 aromatic carbocycles. The molecule has 0 unspecified atom stereocenters. The number of benzene rings is 9. The molecule has 0 radical (unpaired) electrons. The van der Waals surface area contributed by atoms with E-state index < -0.39 is 0 Å². The smallest absolute Gasteiger partial charge is 0.260 e. The molecule has 56 heavy (non-hydrogen) atoms. The summed E-state index contributed by atoms with van der Waals surface area (Å²) in [6.45, 7) is 4.28. The fourth-order valence-corrected chi connectivity index (χ4v) is 9.63. The number of aromatic nitrogens is 1. The van der Waals surface area contributed by atoms with Crippen LogP contribution in [0.2, 0.25) is 0 Å². The van der Waals surface area contributed by atoms with Crippen LogP contribution < -0.4 is 25.9 Å². The van der Waals surface area contributed by atoms with Gasteiger partial charge in [-0.15, -0.1) is 0 Å². The Kier molecular flexibility index (Phi) is 6.56. The lowest BCUT2D eigenvalue weighted by Gasteiger charge is -2.34. The van der Waals surface area contributed by atoms with E-state index in [1.54, 1.807) is 0 Å². The predicted octanol–water partition coefficient (Wildman–Crippen LogP) is 11.8. The summed E-state index contributed by atoms with van der Waals surface area (Å²) >= 11 is 0. The van der Waals surface area contributed by atoms with Crippen molar-refractivity contribution in [1.29, 1.82) is 0 Å². The van der Waals surface area contributed by atoms with E-state index in [1.165, 1.54) is 60.1 Å². The van der Waals surface area contributed by atoms with Gasteiger partial charge >= 0.3 is 0 Å². The van der Waals surface area contributed by atoms with Crippen molar-refractivity contribution in [3.05, 3.63) is 181 Å². The van der Waals surface area contributed by atoms with Gasteiger partial charge in [0, 0.05) is 33.8 Å². The third-order valence-electron chi connectivity index (χ3n) is 12.2. The van der Waals surface area contributed by atoms with E-state index in [4.69, 9.17) is 9.47 Å². The largest absolute Gasteiger partial charge is 0.458 e. The highest BCUT2D eigenvalue weighted by molar-refractivity contribution is 6.98. The molecule has 3 heterocycles. The second kappa shape index (κ2) is 11.7. The van der Waals surface area contributed by atoms with Gasteiger partial charge in [0.05, 0.1) is 16.7 Å². The maximum Gasteiger partial charge on any atom is 0.260 e. The monoisotopic (exact) mass is 715 g/mol. The van der Waals surface area contributed by atoms with E-state index in [-0.39, 0.29) is 6.71 Å². The van der Waals surface area contributed by atoms with Gasteiger partial charge in [0.25, 0.3) is 6.71 Å². The number of nitrogens with zero attached hydrogens (tertiary/aromatic N) is 1. The fraction of sp³-hybridized carbons (Fsp3) is 0.0385. The topological polar surface area (TPSA) is 23.4 Å². The summed E-state index contributed by atoms with van der Waals surface area (Å²) in [5, 5.41) is 7.43. The Morgan fingerprint density at radius 1 is 0.429 bits per heavy atom. The Bertz CT molecular complexity index is 3180. The van der Waals surface area contributed by atoms with E-state index in [0.29, 0.717) is 0 Å². The summed E-state index contributed by atoms with van der Waals surface area (Å²) in [6.07, 6.45) is 0. The molecule has 0 amide bonds. The quantitative estimate of drug-likeness (QED) is 0.134. The standard InChI is InChI=1S/C52H34BNO2/c1-31-13-3-5-15-36(31)33-23-25-43-46(27-33)55-48-29-35(30-49-51(48)53(43)44-26-24-34(28-47(44)56-49)37-16-6-4-14-32(37)2)54-45-22-12-11-21-42(45)50-40-19-9-7-17-38(40)39-18-8-10-20-41(39)52(50)54/h3-30H,1-2H3. The molecule has 0 N–H and O–H groups in total. The van der Waals surface area contributed by atoms with Crippen LogP contribution in [-0.2, 0) is 0 Å². The van der Waals surface area contributed by atoms with Crippen molar-refractivity contribution < 1.29 is 9.47 Å². The van der Waals surface area contributed by atoms with Gasteiger partial charge in [0.1, 0.15) is 23.0 Å². The number of hydrogen-bond donors (Lipinski definition) is 0. The first-order chi connectivity index (χ1) is 27.6. The third-order valence-corrected chi connectivity index (χ3v) is 12.2. The number of rotatable bonds is 3. The van der Waals surface area contributed by atoms with Crippen molar-refractivity contribution in [3.8, 4) is 50.9 Å². The van der Waals surface area contributed by atoms with Gasteiger partial charge in [0.15, 0.2) is 0 Å². The Morgan fingerprint density at radius 2 is 0.911 bits per heavy atom. The number of aryl methyl sites for hydroxylation is 2. The minimum atomic E-state index is -0.0543. The number of fused-ring (bicyclic) bond motifs is 12. The van der Waals surface area contributed by atoms with Crippen molar-refractivity contribution in [2.45, 2.75) is 13.8 Å². The van der Waals surface area contributed by atoms with Crippen LogP contribution in [0.25, 0.3) is 71.3 Å². The van der Waals surface area contributed by atoms with Gasteiger partial charge < -0.3 is 14.0 Å². The summed E-state index contributed by atoms with van der Waals surface area (Å²) in [7, 11) is 0. The van der Waals surface area contributed by atoms with Crippen LogP contribution in [0.1, 0.15) is 11.1 Å². The predicted molar refractivity (Wildman–Crippen MR) is 234 cm³/mol. The van der Waals surface area contributed by atoms with E-state index >= 15 is 0 Å². The van der Waals surface area contributed by atoms with Crippen LogP contribution >= 0.6 is 0 Å². The molecule has 3 nitrogen and oxygen atoms in total. The van der Waals surface area contributed by atoms with E-state index in [2.05, 4.69) is 188 Å². The molecule has 0 saturated carbocycles. The van der Waals surface area contributed by atoms with Crippen molar-refractivity contribution in [2.24, 2.45) is 0 Å². The zero-order valence-electron chi connectivity index (χ0n) is 31.0. The molecule has 0 spiro atoms. The molecular weight excluding hydrogens is 681 g/mol. The molecule has 262 valence electrons. The average Bonchev–Trinajstić information content (AvgIpc) is 3.59. The molecule has 4 heteroatoms. The van der Waals surface area contributed by atoms with Crippen LogP contribution in [0.5, 0.6) is 23.0 Å². The second-order valence-electron chi connectivity index (χ2n) is 15.3. The van der Waals surface area contributed by atoms with Crippen LogP contribution in [-0.4, -0.2) is 11.3 Å². The van der Waals surface area contributed by atoms with Crippen LogP contribution in [0.15, 0.2) is 170 Å². The van der Waals surface area contributed by atoms with E-state index in [9.17, 15) is 0 Å². The zero-order valence-corrected chi connectivity index (χ0v) is 31.0. The van der Waals surface area contributed by atoms with Crippen molar-refractivity contribution in [3.63, 3.8) is 0 Å². The Morgan fingerprint density at radius 3 is 1.50 bits per heavy atom. The highest BCUT2D eigenvalue weighted by Gasteiger charge is 2.41. The maximum atomic E-state index is 7.08. The molecule has 0 atom stereocenters. The Hall–Kier alpha value is -7.04. The highest BCUT2D eigenvalue weighted by atomic mass is 16.5. The SMILES string of the molecule is Cc1ccccc1-c1ccc2c(c1)Oc1cc(-n3c4ccccc4c4c5ccccc5c5ccccc5c43)cc3c1B2c1ccc(-c2ccccc2C)cc1O3. The fourth-order valence-electron chi connectivity index (χ4n) is 9.63. The molecule has 12 rings (SSSR count). The highest BCUT2D eigenvalue weighted by Crippen LogP contribution is 2.45. The molecule has 0 saturated heterocycles. The summed E-state index contributed by atoms with van der Waals surface area (Å²) < 4.78 is 16.6. The summed E-state index contributed by atoms with van der Waals surface area (Å²) in [5.41, 5.74) is 13.9. The van der Waals surface area contributed by atoms with Crippen LogP contribution in [0.4, 0.5) is 0 Å². The van der Waals surface area contributed by atoms with Crippen LogP contribution in [0.3, 0.4) is 0 Å². The Labute approximate surface area is 325 Å². The van der Waals surface area contributed by atoms with Gasteiger partial charge in [-0.25, -0.2) is 0 Å². The lowest BCUT2D eigenvalue weighted by molar-refractivity contribution is 0.464. The first kappa shape index (κ1) is 31.3. The minimum absolute atomic E-state index is 0.0543.